The van der Waals surface area contributed by atoms with Gasteiger partial charge in [-0.1, -0.05) is 6.92 Å². The van der Waals surface area contributed by atoms with Gasteiger partial charge < -0.3 is 15.2 Å². The van der Waals surface area contributed by atoms with Gasteiger partial charge in [0, 0.05) is 54.5 Å². The number of carbonyl (C=O) groups is 1. The zero-order chi connectivity index (χ0) is 17.3. The van der Waals surface area contributed by atoms with Gasteiger partial charge in [0.2, 0.25) is 0 Å². The molecule has 3 rings (SSSR count). The molecule has 2 amide bonds. The summed E-state index contributed by atoms with van der Waals surface area (Å²) in [7, 11) is 0. The van der Waals surface area contributed by atoms with Crippen molar-refractivity contribution in [3.05, 3.63) is 30.0 Å². The first-order chi connectivity index (χ1) is 11.4. The Kier molecular flexibility index (Phi) is 4.54. The van der Waals surface area contributed by atoms with E-state index in [1.165, 1.54) is 5.56 Å². The minimum Gasteiger partial charge on any atom is -0.361 e. The maximum absolute atomic E-state index is 12.5. The molecule has 0 radical (unpaired) electrons. The van der Waals surface area contributed by atoms with Crippen LogP contribution in [0.5, 0.6) is 0 Å². The van der Waals surface area contributed by atoms with Gasteiger partial charge in [-0.05, 0) is 51.0 Å². The van der Waals surface area contributed by atoms with Crippen LogP contribution in [0.1, 0.15) is 32.8 Å². The second-order valence-corrected chi connectivity index (χ2v) is 7.30. The molecule has 2 N–H and O–H groups in total. The van der Waals surface area contributed by atoms with Crippen LogP contribution in [0.4, 0.5) is 10.5 Å². The molecule has 1 aliphatic rings. The van der Waals surface area contributed by atoms with Crippen LogP contribution < -0.4 is 5.32 Å². The van der Waals surface area contributed by atoms with Crippen molar-refractivity contribution in [3.8, 4) is 0 Å². The molecule has 0 spiro atoms. The number of rotatable bonds is 3. The Morgan fingerprint density at radius 2 is 1.96 bits per heavy atom. The zero-order valence-electron chi connectivity index (χ0n) is 15.1. The fourth-order valence-electron chi connectivity index (χ4n) is 3.28. The summed E-state index contributed by atoms with van der Waals surface area (Å²) < 4.78 is 0. The quantitative estimate of drug-likeness (QED) is 0.900. The fraction of sp³-hybridized carbons (Fsp3) is 0.526. The highest BCUT2D eigenvalue weighted by Crippen LogP contribution is 2.23. The topological polar surface area (TPSA) is 51.4 Å². The first-order valence-corrected chi connectivity index (χ1v) is 8.79. The summed E-state index contributed by atoms with van der Waals surface area (Å²) in [6, 6.07) is 6.00. The third-order valence-corrected chi connectivity index (χ3v) is 5.43. The van der Waals surface area contributed by atoms with Crippen LogP contribution in [0.25, 0.3) is 10.9 Å². The highest BCUT2D eigenvalue weighted by Gasteiger charge is 2.29. The Morgan fingerprint density at radius 1 is 1.25 bits per heavy atom. The Balaban J connectivity index is 1.62. The van der Waals surface area contributed by atoms with Gasteiger partial charge in [0.15, 0.2) is 0 Å². The molecule has 5 heteroatoms. The largest absolute Gasteiger partial charge is 0.361 e. The van der Waals surface area contributed by atoms with Crippen LogP contribution in [-0.2, 0) is 0 Å². The molecule has 1 aromatic heterocycles. The lowest BCUT2D eigenvalue weighted by molar-refractivity contribution is 0.0640. The minimum absolute atomic E-state index is 0.00325. The second kappa shape index (κ2) is 6.48. The first-order valence-electron chi connectivity index (χ1n) is 8.79. The zero-order valence-corrected chi connectivity index (χ0v) is 15.1. The summed E-state index contributed by atoms with van der Waals surface area (Å²) in [6.07, 6.45) is 3.11. The van der Waals surface area contributed by atoms with Gasteiger partial charge in [-0.15, -0.1) is 0 Å². The van der Waals surface area contributed by atoms with Gasteiger partial charge in [-0.25, -0.2) is 4.79 Å². The van der Waals surface area contributed by atoms with Gasteiger partial charge >= 0.3 is 6.03 Å². The summed E-state index contributed by atoms with van der Waals surface area (Å²) in [6.45, 7) is 12.3. The Hall–Kier alpha value is -2.01. The summed E-state index contributed by atoms with van der Waals surface area (Å²) in [5.74, 6) is 0. The van der Waals surface area contributed by atoms with Crippen LogP contribution in [0.15, 0.2) is 24.4 Å². The van der Waals surface area contributed by atoms with Crippen LogP contribution in [-0.4, -0.2) is 52.5 Å². The number of fused-ring (bicyclic) bond motifs is 1. The van der Waals surface area contributed by atoms with Crippen molar-refractivity contribution in [1.82, 2.24) is 14.8 Å². The highest BCUT2D eigenvalue weighted by molar-refractivity contribution is 5.93. The van der Waals surface area contributed by atoms with E-state index in [1.54, 1.807) is 0 Å². The van der Waals surface area contributed by atoms with E-state index in [9.17, 15) is 4.79 Å². The molecule has 1 saturated heterocycles. The average molecular weight is 328 g/mol. The molecule has 1 aliphatic heterocycles. The number of aryl methyl sites for hydroxylation is 1. The number of hydrogen-bond acceptors (Lipinski definition) is 2. The van der Waals surface area contributed by atoms with Gasteiger partial charge in [-0.3, -0.25) is 4.90 Å². The maximum Gasteiger partial charge on any atom is 0.321 e. The predicted octanol–water partition coefficient (Wildman–Crippen LogP) is 3.81. The predicted molar refractivity (Wildman–Crippen MR) is 99.6 cm³/mol. The summed E-state index contributed by atoms with van der Waals surface area (Å²) >= 11 is 0. The molecule has 1 fully saturated rings. The lowest BCUT2D eigenvalue weighted by Crippen LogP contribution is -2.56. The monoisotopic (exact) mass is 328 g/mol. The van der Waals surface area contributed by atoms with Crippen molar-refractivity contribution in [2.75, 3.05) is 31.5 Å². The van der Waals surface area contributed by atoms with Gasteiger partial charge in [0.25, 0.3) is 0 Å². The standard InChI is InChI=1S/C19H28N4O/c1-5-19(3,4)23-10-8-22(9-11-23)18(24)21-15-6-7-17-16(12-15)14(2)13-20-17/h6-7,12-13,20H,5,8-11H2,1-4H3,(H,21,24). The molecule has 0 saturated carbocycles. The molecule has 2 heterocycles. The highest BCUT2D eigenvalue weighted by atomic mass is 16.2. The molecule has 0 unspecified atom stereocenters. The number of nitrogens with one attached hydrogen (secondary N) is 2. The molecule has 0 bridgehead atoms. The Labute approximate surface area is 144 Å². The summed E-state index contributed by atoms with van der Waals surface area (Å²) in [5.41, 5.74) is 3.35. The maximum atomic E-state index is 12.5. The molecule has 1 aromatic carbocycles. The smallest absolute Gasteiger partial charge is 0.321 e. The fourth-order valence-corrected chi connectivity index (χ4v) is 3.28. The number of amides is 2. The molecular weight excluding hydrogens is 300 g/mol. The van der Waals surface area contributed by atoms with Crippen molar-refractivity contribution in [1.29, 1.82) is 0 Å². The van der Waals surface area contributed by atoms with Crippen LogP contribution in [0, 0.1) is 6.92 Å². The number of nitrogens with zero attached hydrogens (tertiary/aromatic N) is 2. The summed E-state index contributed by atoms with van der Waals surface area (Å²) in [4.78, 5) is 20.2. The number of aromatic amines is 1. The molecule has 130 valence electrons. The van der Waals surface area contributed by atoms with E-state index < -0.39 is 0 Å². The number of aromatic nitrogens is 1. The van der Waals surface area contributed by atoms with E-state index in [2.05, 4.69) is 42.9 Å². The number of piperazine rings is 1. The van der Waals surface area contributed by atoms with E-state index in [1.807, 2.05) is 29.3 Å². The molecule has 5 nitrogen and oxygen atoms in total. The first kappa shape index (κ1) is 16.8. The van der Waals surface area contributed by atoms with E-state index >= 15 is 0 Å². The molecule has 0 atom stereocenters. The molecular formula is C19H28N4O. The van der Waals surface area contributed by atoms with Crippen LogP contribution in [0.2, 0.25) is 0 Å². The number of H-pyrrole nitrogens is 1. The van der Waals surface area contributed by atoms with Crippen molar-refractivity contribution in [2.24, 2.45) is 0 Å². The number of hydrogen-bond donors (Lipinski definition) is 2. The lowest BCUT2D eigenvalue weighted by atomic mass is 9.98. The second-order valence-electron chi connectivity index (χ2n) is 7.30. The third kappa shape index (κ3) is 3.26. The van der Waals surface area contributed by atoms with Gasteiger partial charge in [0.1, 0.15) is 0 Å². The van der Waals surface area contributed by atoms with Gasteiger partial charge in [0.05, 0.1) is 0 Å². The number of carbonyl (C=O) groups excluding carboxylic acids is 1. The number of benzene rings is 1. The minimum atomic E-state index is -0.00325. The molecule has 2 aromatic rings. The van der Waals surface area contributed by atoms with E-state index in [4.69, 9.17) is 0 Å². The van der Waals surface area contributed by atoms with Crippen molar-refractivity contribution in [2.45, 2.75) is 39.7 Å². The van der Waals surface area contributed by atoms with Gasteiger partial charge in [-0.2, -0.15) is 0 Å². The van der Waals surface area contributed by atoms with E-state index in [0.717, 1.165) is 49.2 Å². The van der Waals surface area contributed by atoms with Crippen LogP contribution >= 0.6 is 0 Å². The van der Waals surface area contributed by atoms with Crippen molar-refractivity contribution in [3.63, 3.8) is 0 Å². The van der Waals surface area contributed by atoms with E-state index in [-0.39, 0.29) is 11.6 Å². The lowest BCUT2D eigenvalue weighted by Gasteiger charge is -2.43. The summed E-state index contributed by atoms with van der Waals surface area (Å²) in [5, 5.41) is 4.20. The third-order valence-electron chi connectivity index (χ3n) is 5.43. The normalized spacial score (nSPS) is 16.6. The number of anilines is 1. The molecule has 0 aliphatic carbocycles. The average Bonchev–Trinajstić information content (AvgIpc) is 2.96. The van der Waals surface area contributed by atoms with Crippen molar-refractivity contribution < 1.29 is 4.79 Å². The van der Waals surface area contributed by atoms with Crippen molar-refractivity contribution >= 4 is 22.6 Å². The van der Waals surface area contributed by atoms with Crippen LogP contribution in [0.3, 0.4) is 0 Å². The SMILES string of the molecule is CCC(C)(C)N1CCN(C(=O)Nc2ccc3[nH]cc(C)c3c2)CC1. The number of urea groups is 1. The Morgan fingerprint density at radius 3 is 2.62 bits per heavy atom. The Bertz CT molecular complexity index is 726. The molecule has 24 heavy (non-hydrogen) atoms. The van der Waals surface area contributed by atoms with E-state index in [0.29, 0.717) is 0 Å².